The van der Waals surface area contributed by atoms with Gasteiger partial charge in [-0.1, -0.05) is 109 Å². The van der Waals surface area contributed by atoms with Crippen molar-refractivity contribution in [1.29, 1.82) is 0 Å². The molecule has 10 rings (SSSR count). The SMILES string of the molecule is C1=CCC(C2NC(C3=CCC(C4=NC(C5=CCCCC5)CC=C4)C(C4Cc5ccccc5-c5ccccc54)C3)=NC(c3cccc4c3CCCC4)N2)C=C1. The van der Waals surface area contributed by atoms with Crippen LogP contribution in [0.3, 0.4) is 0 Å². The second kappa shape index (κ2) is 14.9. The van der Waals surface area contributed by atoms with E-state index in [9.17, 15) is 0 Å². The van der Waals surface area contributed by atoms with Gasteiger partial charge in [-0.3, -0.25) is 10.3 Å². The van der Waals surface area contributed by atoms with Crippen molar-refractivity contribution in [2.24, 2.45) is 27.7 Å². The molecule has 7 aliphatic rings. The number of hydrogen-bond acceptors (Lipinski definition) is 4. The molecule has 5 aliphatic carbocycles. The fraction of sp³-hybridized carbons (Fsp3) is 0.400. The molecule has 2 aliphatic heterocycles. The maximum Gasteiger partial charge on any atom is 0.129 e. The largest absolute Gasteiger partial charge is 0.354 e. The van der Waals surface area contributed by atoms with Gasteiger partial charge in [-0.25, -0.2) is 4.99 Å². The number of dihydropyridines is 1. The molecule has 4 nitrogen and oxygen atoms in total. The van der Waals surface area contributed by atoms with E-state index in [-0.39, 0.29) is 12.3 Å². The van der Waals surface area contributed by atoms with Crippen LogP contribution in [0.5, 0.6) is 0 Å². The summed E-state index contributed by atoms with van der Waals surface area (Å²) in [7, 11) is 0. The molecule has 54 heavy (non-hydrogen) atoms. The lowest BCUT2D eigenvalue weighted by atomic mass is 9.63. The van der Waals surface area contributed by atoms with Crippen LogP contribution in [0, 0.1) is 17.8 Å². The summed E-state index contributed by atoms with van der Waals surface area (Å²) in [6, 6.07) is 25.7. The van der Waals surface area contributed by atoms with Crippen LogP contribution < -0.4 is 10.6 Å². The van der Waals surface area contributed by atoms with Gasteiger partial charge in [0.15, 0.2) is 0 Å². The average Bonchev–Trinajstić information content (AvgIpc) is 3.26. The van der Waals surface area contributed by atoms with Crippen LogP contribution in [-0.4, -0.2) is 23.8 Å². The normalized spacial score (nSPS) is 30.1. The molecule has 0 saturated carbocycles. The molecule has 0 bridgehead atoms. The van der Waals surface area contributed by atoms with E-state index in [1.54, 1.807) is 5.57 Å². The number of nitrogens with one attached hydrogen (secondary N) is 2. The molecule has 7 atom stereocenters. The predicted octanol–water partition coefficient (Wildman–Crippen LogP) is 10.8. The van der Waals surface area contributed by atoms with E-state index >= 15 is 0 Å². The van der Waals surface area contributed by atoms with Crippen LogP contribution in [-0.2, 0) is 19.3 Å². The van der Waals surface area contributed by atoms with Gasteiger partial charge in [0.25, 0.3) is 0 Å². The van der Waals surface area contributed by atoms with Crippen molar-refractivity contribution < 1.29 is 0 Å². The standard InChI is InChI=1S/C50H54N4/c1-3-16-34(17-4-1)46-27-14-28-47(51-46)42-30-29-37(32-45(42)44-31-36-20-8-10-23-39(36)40-24-11-12-25-41(40)44)49-52-48(35-18-5-2-6-19-35)53-50(54-49)43-26-13-21-33-15-7-9-22-38(33)43/h2,5-6,8,10-14,16,18,20-21,23-26,28-29,35,42,44-46,48,50,53H,1,3-4,7,9,15,17,19,22,27,30-32H2,(H,52,54). The third-order valence-corrected chi connectivity index (χ3v) is 13.7. The summed E-state index contributed by atoms with van der Waals surface area (Å²) in [5, 5.41) is 8.02. The zero-order chi connectivity index (χ0) is 35.8. The molecule has 3 aromatic carbocycles. The van der Waals surface area contributed by atoms with Crippen LogP contribution in [0.2, 0.25) is 0 Å². The smallest absolute Gasteiger partial charge is 0.129 e. The maximum absolute atomic E-state index is 5.64. The number of fused-ring (bicyclic) bond motifs is 4. The minimum Gasteiger partial charge on any atom is -0.354 e. The Kier molecular flexibility index (Phi) is 9.41. The van der Waals surface area contributed by atoms with Gasteiger partial charge in [0.05, 0.1) is 12.2 Å². The highest BCUT2D eigenvalue weighted by atomic mass is 15.3. The number of rotatable bonds is 6. The minimum absolute atomic E-state index is 0.0619. The number of allylic oxidation sites excluding steroid dienone is 6. The number of benzene rings is 3. The summed E-state index contributed by atoms with van der Waals surface area (Å²) in [5.74, 6) is 2.63. The van der Waals surface area contributed by atoms with Gasteiger partial charge in [-0.2, -0.15) is 0 Å². The molecule has 0 amide bonds. The fourth-order valence-corrected chi connectivity index (χ4v) is 10.9. The summed E-state index contributed by atoms with van der Waals surface area (Å²) >= 11 is 0. The molecular weight excluding hydrogens is 657 g/mol. The predicted molar refractivity (Wildman–Crippen MR) is 224 cm³/mol. The highest BCUT2D eigenvalue weighted by Gasteiger charge is 2.41. The van der Waals surface area contributed by atoms with Crippen LogP contribution in [0.15, 0.2) is 136 Å². The highest BCUT2D eigenvalue weighted by molar-refractivity contribution is 6.01. The monoisotopic (exact) mass is 710 g/mol. The van der Waals surface area contributed by atoms with Gasteiger partial charge in [-0.05, 0) is 151 Å². The Hall–Kier alpha value is -4.54. The molecule has 274 valence electrons. The van der Waals surface area contributed by atoms with Crippen molar-refractivity contribution in [2.75, 3.05) is 0 Å². The summed E-state index contributed by atoms with van der Waals surface area (Å²) in [6.07, 6.45) is 34.1. The zero-order valence-corrected chi connectivity index (χ0v) is 31.6. The number of aryl methyl sites for hydroxylation is 1. The van der Waals surface area contributed by atoms with Gasteiger partial charge in [0, 0.05) is 17.5 Å². The molecule has 2 heterocycles. The number of amidine groups is 1. The van der Waals surface area contributed by atoms with Crippen molar-refractivity contribution >= 4 is 11.5 Å². The molecule has 0 spiro atoms. The van der Waals surface area contributed by atoms with Gasteiger partial charge in [0.1, 0.15) is 12.0 Å². The molecule has 0 saturated heterocycles. The van der Waals surface area contributed by atoms with E-state index in [1.807, 2.05) is 0 Å². The number of hydrogen-bond donors (Lipinski definition) is 2. The lowest BCUT2D eigenvalue weighted by molar-refractivity contribution is 0.314. The first-order valence-corrected chi connectivity index (χ1v) is 21.1. The Bertz CT molecular complexity index is 2120. The zero-order valence-electron chi connectivity index (χ0n) is 31.6. The maximum atomic E-state index is 5.64. The number of aliphatic imine (C=N–C) groups is 2. The van der Waals surface area contributed by atoms with E-state index in [1.165, 1.54) is 95.2 Å². The van der Waals surface area contributed by atoms with Crippen molar-refractivity contribution in [3.63, 3.8) is 0 Å². The first-order chi connectivity index (χ1) is 26.8. The minimum atomic E-state index is -0.0619. The Morgan fingerprint density at radius 3 is 2.41 bits per heavy atom. The topological polar surface area (TPSA) is 48.8 Å². The van der Waals surface area contributed by atoms with Crippen LogP contribution >= 0.6 is 0 Å². The Labute approximate surface area is 322 Å². The first kappa shape index (κ1) is 34.0. The second-order valence-electron chi connectivity index (χ2n) is 16.8. The Morgan fingerprint density at radius 2 is 1.50 bits per heavy atom. The van der Waals surface area contributed by atoms with Crippen LogP contribution in [0.4, 0.5) is 0 Å². The molecule has 0 radical (unpaired) electrons. The molecule has 0 aromatic heterocycles. The first-order valence-electron chi connectivity index (χ1n) is 21.1. The number of nitrogens with zero attached hydrogens (tertiary/aromatic N) is 2. The van der Waals surface area contributed by atoms with Crippen molar-refractivity contribution in [3.8, 4) is 11.1 Å². The van der Waals surface area contributed by atoms with E-state index in [0.29, 0.717) is 29.7 Å². The quantitative estimate of drug-likeness (QED) is 0.250. The van der Waals surface area contributed by atoms with Gasteiger partial charge in [0.2, 0.25) is 0 Å². The van der Waals surface area contributed by atoms with Crippen molar-refractivity contribution in [1.82, 2.24) is 10.6 Å². The summed E-state index contributed by atoms with van der Waals surface area (Å²) < 4.78 is 0. The third kappa shape index (κ3) is 6.51. The Balaban J connectivity index is 1.05. The van der Waals surface area contributed by atoms with Crippen LogP contribution in [0.1, 0.15) is 104 Å². The molecule has 0 fully saturated rings. The summed E-state index contributed by atoms with van der Waals surface area (Å²) in [6.45, 7) is 0. The van der Waals surface area contributed by atoms with E-state index in [2.05, 4.69) is 126 Å². The molecule has 7 unspecified atom stereocenters. The molecule has 3 aromatic rings. The van der Waals surface area contributed by atoms with Crippen molar-refractivity contribution in [2.45, 2.75) is 108 Å². The average molecular weight is 711 g/mol. The summed E-state index contributed by atoms with van der Waals surface area (Å²) in [4.78, 5) is 11.3. The molecule has 2 N–H and O–H groups in total. The van der Waals surface area contributed by atoms with Crippen LogP contribution in [0.25, 0.3) is 11.1 Å². The lowest BCUT2D eigenvalue weighted by Crippen LogP contribution is -2.55. The van der Waals surface area contributed by atoms with E-state index in [4.69, 9.17) is 9.98 Å². The van der Waals surface area contributed by atoms with Gasteiger partial charge in [-0.15, -0.1) is 0 Å². The summed E-state index contributed by atoms with van der Waals surface area (Å²) in [5.41, 5.74) is 14.5. The van der Waals surface area contributed by atoms with Gasteiger partial charge < -0.3 is 5.32 Å². The molecular formula is C50H54N4. The third-order valence-electron chi connectivity index (χ3n) is 13.7. The molecule has 4 heteroatoms. The Morgan fingerprint density at radius 1 is 0.648 bits per heavy atom. The lowest BCUT2D eigenvalue weighted by Gasteiger charge is -2.43. The van der Waals surface area contributed by atoms with Gasteiger partial charge >= 0.3 is 0 Å². The second-order valence-corrected chi connectivity index (χ2v) is 16.8. The fourth-order valence-electron chi connectivity index (χ4n) is 10.9. The highest BCUT2D eigenvalue weighted by Crippen LogP contribution is 2.49. The van der Waals surface area contributed by atoms with E-state index < -0.39 is 0 Å². The van der Waals surface area contributed by atoms with Crippen molar-refractivity contribution in [3.05, 3.63) is 154 Å². The van der Waals surface area contributed by atoms with E-state index in [0.717, 1.165) is 44.4 Å².